The number of sulfonamides is 1. The maximum Gasteiger partial charge on any atom is 0.243 e. The molecule has 0 atom stereocenters. The highest BCUT2D eigenvalue weighted by Crippen LogP contribution is 2.44. The number of nitrogens with two attached hydrogens (primary N) is 1. The SMILES string of the molecule is Nc1ccc(F)c(S(=O)(=O)NCC2(CO)CC2)c1. The zero-order valence-corrected chi connectivity index (χ0v) is 10.5. The summed E-state index contributed by atoms with van der Waals surface area (Å²) in [5.74, 6) is -0.842. The van der Waals surface area contributed by atoms with E-state index < -0.39 is 20.7 Å². The van der Waals surface area contributed by atoms with Gasteiger partial charge in [-0.1, -0.05) is 0 Å². The summed E-state index contributed by atoms with van der Waals surface area (Å²) in [4.78, 5) is -0.462. The van der Waals surface area contributed by atoms with Gasteiger partial charge in [0.15, 0.2) is 0 Å². The van der Waals surface area contributed by atoms with Gasteiger partial charge in [-0.3, -0.25) is 0 Å². The maximum absolute atomic E-state index is 13.5. The highest BCUT2D eigenvalue weighted by Gasteiger charge is 2.42. The minimum atomic E-state index is -3.93. The summed E-state index contributed by atoms with van der Waals surface area (Å²) < 4.78 is 39.6. The van der Waals surface area contributed by atoms with E-state index in [1.54, 1.807) is 0 Å². The highest BCUT2D eigenvalue weighted by molar-refractivity contribution is 7.89. The molecular formula is C11H15FN2O3S. The van der Waals surface area contributed by atoms with Crippen molar-refractivity contribution < 1.29 is 17.9 Å². The Kier molecular flexibility index (Phi) is 3.31. The molecule has 1 fully saturated rings. The number of benzene rings is 1. The second-order valence-electron chi connectivity index (χ2n) is 4.67. The van der Waals surface area contributed by atoms with Gasteiger partial charge in [-0.25, -0.2) is 17.5 Å². The number of hydrogen-bond donors (Lipinski definition) is 3. The Morgan fingerprint density at radius 2 is 2.11 bits per heavy atom. The van der Waals surface area contributed by atoms with E-state index >= 15 is 0 Å². The normalized spacial score (nSPS) is 17.7. The summed E-state index contributed by atoms with van der Waals surface area (Å²) in [7, 11) is -3.93. The first-order valence-electron chi connectivity index (χ1n) is 5.54. The predicted octanol–water partition coefficient (Wildman–Crippen LogP) is 0.459. The lowest BCUT2D eigenvalue weighted by Crippen LogP contribution is -2.32. The number of nitrogen functional groups attached to an aromatic ring is 1. The summed E-state index contributed by atoms with van der Waals surface area (Å²) in [6, 6.07) is 3.39. The van der Waals surface area contributed by atoms with Gasteiger partial charge in [0.05, 0.1) is 0 Å². The van der Waals surface area contributed by atoms with Crippen LogP contribution in [0.15, 0.2) is 23.1 Å². The molecule has 0 heterocycles. The first-order chi connectivity index (χ1) is 8.38. The van der Waals surface area contributed by atoms with Crippen LogP contribution in [-0.4, -0.2) is 26.7 Å². The third kappa shape index (κ3) is 2.63. The Morgan fingerprint density at radius 3 is 2.67 bits per heavy atom. The Morgan fingerprint density at radius 1 is 1.44 bits per heavy atom. The van der Waals surface area contributed by atoms with Crippen LogP contribution < -0.4 is 10.5 Å². The molecule has 0 unspecified atom stereocenters. The summed E-state index contributed by atoms with van der Waals surface area (Å²) in [6.07, 6.45) is 1.54. The fourth-order valence-corrected chi connectivity index (χ4v) is 2.89. The Balaban J connectivity index is 2.18. The van der Waals surface area contributed by atoms with Crippen LogP contribution >= 0.6 is 0 Å². The van der Waals surface area contributed by atoms with Gasteiger partial charge in [-0.05, 0) is 31.0 Å². The molecular weight excluding hydrogens is 259 g/mol. The number of anilines is 1. The van der Waals surface area contributed by atoms with Gasteiger partial charge in [0.25, 0.3) is 0 Å². The van der Waals surface area contributed by atoms with Crippen molar-refractivity contribution in [1.82, 2.24) is 4.72 Å². The van der Waals surface area contributed by atoms with E-state index in [1.165, 1.54) is 6.07 Å². The molecule has 5 nitrogen and oxygen atoms in total. The van der Waals surface area contributed by atoms with Gasteiger partial charge in [0, 0.05) is 24.3 Å². The van der Waals surface area contributed by atoms with Crippen molar-refractivity contribution in [2.75, 3.05) is 18.9 Å². The van der Waals surface area contributed by atoms with Crippen LogP contribution in [0, 0.1) is 11.2 Å². The minimum Gasteiger partial charge on any atom is -0.399 e. The summed E-state index contributed by atoms with van der Waals surface area (Å²) in [5.41, 5.74) is 5.26. The van der Waals surface area contributed by atoms with Crippen molar-refractivity contribution in [2.45, 2.75) is 17.7 Å². The highest BCUT2D eigenvalue weighted by atomic mass is 32.2. The minimum absolute atomic E-state index is 0.0745. The number of hydrogen-bond acceptors (Lipinski definition) is 4. The van der Waals surface area contributed by atoms with E-state index in [0.29, 0.717) is 0 Å². The summed E-state index contributed by atoms with van der Waals surface area (Å²) in [5, 5.41) is 9.09. The predicted molar refractivity (Wildman–Crippen MR) is 64.8 cm³/mol. The Bertz CT molecular complexity index is 555. The smallest absolute Gasteiger partial charge is 0.243 e. The first-order valence-corrected chi connectivity index (χ1v) is 7.02. The van der Waals surface area contributed by atoms with E-state index in [1.807, 2.05) is 0 Å². The van der Waals surface area contributed by atoms with Gasteiger partial charge in [0.2, 0.25) is 10.0 Å². The third-order valence-corrected chi connectivity index (χ3v) is 4.59. The second kappa shape index (κ2) is 4.49. The lowest BCUT2D eigenvalue weighted by atomic mass is 10.1. The van der Waals surface area contributed by atoms with Crippen molar-refractivity contribution in [3.05, 3.63) is 24.0 Å². The number of aliphatic hydroxyl groups is 1. The fourth-order valence-electron chi connectivity index (χ4n) is 1.62. The number of rotatable bonds is 5. The molecule has 0 aliphatic heterocycles. The molecule has 100 valence electrons. The van der Waals surface area contributed by atoms with Crippen LogP contribution in [0.2, 0.25) is 0 Å². The fraction of sp³-hybridized carbons (Fsp3) is 0.455. The van der Waals surface area contributed by atoms with E-state index in [2.05, 4.69) is 4.72 Å². The average Bonchev–Trinajstić information content (AvgIpc) is 3.11. The molecule has 1 aliphatic carbocycles. The van der Waals surface area contributed by atoms with Crippen LogP contribution in [0.25, 0.3) is 0 Å². The van der Waals surface area contributed by atoms with Gasteiger partial charge >= 0.3 is 0 Å². The lowest BCUT2D eigenvalue weighted by molar-refractivity contribution is 0.213. The molecule has 2 rings (SSSR count). The molecule has 1 aromatic rings. The molecule has 1 aromatic carbocycles. The van der Waals surface area contributed by atoms with Crippen molar-refractivity contribution in [1.29, 1.82) is 0 Å². The summed E-state index contributed by atoms with van der Waals surface area (Å²) >= 11 is 0. The average molecular weight is 274 g/mol. The van der Waals surface area contributed by atoms with E-state index in [4.69, 9.17) is 10.8 Å². The first kappa shape index (κ1) is 13.3. The van der Waals surface area contributed by atoms with Crippen LogP contribution in [0.4, 0.5) is 10.1 Å². The monoisotopic (exact) mass is 274 g/mol. The maximum atomic E-state index is 13.5. The zero-order valence-electron chi connectivity index (χ0n) is 9.69. The Hall–Kier alpha value is -1.18. The topological polar surface area (TPSA) is 92.4 Å². The molecule has 1 aliphatic rings. The number of nitrogens with one attached hydrogen (secondary N) is 1. The molecule has 7 heteroatoms. The molecule has 0 bridgehead atoms. The molecule has 0 radical (unpaired) electrons. The second-order valence-corrected chi connectivity index (χ2v) is 6.41. The third-order valence-electron chi connectivity index (χ3n) is 3.17. The van der Waals surface area contributed by atoms with Gasteiger partial charge in [0.1, 0.15) is 10.7 Å². The lowest BCUT2D eigenvalue weighted by Gasteiger charge is -2.13. The van der Waals surface area contributed by atoms with E-state index in [0.717, 1.165) is 25.0 Å². The zero-order chi connectivity index (χ0) is 13.4. The molecule has 4 N–H and O–H groups in total. The molecule has 0 amide bonds. The van der Waals surface area contributed by atoms with Crippen LogP contribution in [0.5, 0.6) is 0 Å². The van der Waals surface area contributed by atoms with Gasteiger partial charge < -0.3 is 10.8 Å². The van der Waals surface area contributed by atoms with Crippen LogP contribution in [0.1, 0.15) is 12.8 Å². The quantitative estimate of drug-likeness (QED) is 0.680. The van der Waals surface area contributed by atoms with E-state index in [9.17, 15) is 12.8 Å². The Labute approximate surface area is 105 Å². The van der Waals surface area contributed by atoms with Gasteiger partial charge in [-0.2, -0.15) is 0 Å². The molecule has 1 saturated carbocycles. The molecule has 0 spiro atoms. The number of aliphatic hydroxyl groups excluding tert-OH is 1. The largest absolute Gasteiger partial charge is 0.399 e. The van der Waals surface area contributed by atoms with Crippen molar-refractivity contribution >= 4 is 15.7 Å². The van der Waals surface area contributed by atoms with Crippen molar-refractivity contribution in [2.24, 2.45) is 5.41 Å². The van der Waals surface area contributed by atoms with Crippen molar-refractivity contribution in [3.63, 3.8) is 0 Å². The molecule has 0 saturated heterocycles. The van der Waals surface area contributed by atoms with Gasteiger partial charge in [-0.15, -0.1) is 0 Å². The molecule has 18 heavy (non-hydrogen) atoms. The number of halogens is 1. The summed E-state index contributed by atoms with van der Waals surface area (Å²) in [6.45, 7) is 0.0367. The van der Waals surface area contributed by atoms with Crippen LogP contribution in [-0.2, 0) is 10.0 Å². The molecule has 0 aromatic heterocycles. The standard InChI is InChI=1S/C11H15FN2O3S/c12-9-2-1-8(13)5-10(9)18(16,17)14-6-11(7-15)3-4-11/h1-2,5,14-15H,3-4,6-7,13H2. The van der Waals surface area contributed by atoms with E-state index in [-0.39, 0.29) is 24.3 Å². The van der Waals surface area contributed by atoms with Crippen molar-refractivity contribution in [3.8, 4) is 0 Å². The van der Waals surface area contributed by atoms with Crippen LogP contribution in [0.3, 0.4) is 0 Å².